The molecule has 0 saturated heterocycles. The minimum Gasteiger partial charge on any atom is -0.356 e. The molecule has 0 atom stereocenters. The van der Waals surface area contributed by atoms with E-state index in [1.807, 2.05) is 13.8 Å². The number of aryl methyl sites for hydroxylation is 2. The lowest BCUT2D eigenvalue weighted by Crippen LogP contribution is -2.18. The second kappa shape index (κ2) is 8.06. The van der Waals surface area contributed by atoms with E-state index in [1.165, 1.54) is 0 Å². The third-order valence-corrected chi connectivity index (χ3v) is 3.55. The lowest BCUT2D eigenvalue weighted by atomic mass is 10.1. The van der Waals surface area contributed by atoms with Gasteiger partial charge in [0.15, 0.2) is 0 Å². The summed E-state index contributed by atoms with van der Waals surface area (Å²) in [5, 5.41) is 0. The number of hydrogen-bond acceptors (Lipinski definition) is 5. The molecule has 5 heteroatoms. The van der Waals surface area contributed by atoms with Crippen LogP contribution in [0, 0.1) is 0 Å². The van der Waals surface area contributed by atoms with Gasteiger partial charge in [0.2, 0.25) is 0 Å². The van der Waals surface area contributed by atoms with E-state index < -0.39 is 18.1 Å². The van der Waals surface area contributed by atoms with E-state index >= 15 is 0 Å². The minimum atomic E-state index is -1.34. The van der Waals surface area contributed by atoms with Gasteiger partial charge in [0.25, 0.3) is 0 Å². The zero-order valence-electron chi connectivity index (χ0n) is 13.6. The largest absolute Gasteiger partial charge is 0.524 e. The average molecular weight is 326 g/mol. The van der Waals surface area contributed by atoms with Gasteiger partial charge in [-0.1, -0.05) is 38.1 Å². The highest BCUT2D eigenvalue weighted by Gasteiger charge is 2.18. The van der Waals surface area contributed by atoms with Crippen LogP contribution in [0.25, 0.3) is 0 Å². The van der Waals surface area contributed by atoms with Crippen LogP contribution in [0.4, 0.5) is 4.79 Å². The summed E-state index contributed by atoms with van der Waals surface area (Å²) < 4.78 is 9.05. The van der Waals surface area contributed by atoms with Crippen molar-refractivity contribution >= 4 is 18.1 Å². The van der Waals surface area contributed by atoms with Gasteiger partial charge in [0, 0.05) is 0 Å². The van der Waals surface area contributed by atoms with Gasteiger partial charge in [-0.3, -0.25) is 0 Å². The topological polar surface area (TPSA) is 69.7 Å². The Labute approximate surface area is 140 Å². The van der Waals surface area contributed by atoms with Crippen molar-refractivity contribution < 1.29 is 23.9 Å². The van der Waals surface area contributed by atoms with Gasteiger partial charge in [-0.05, 0) is 48.2 Å². The first-order chi connectivity index (χ1) is 11.5. The molecule has 0 bridgehead atoms. The van der Waals surface area contributed by atoms with Crippen molar-refractivity contribution in [1.82, 2.24) is 0 Å². The van der Waals surface area contributed by atoms with Crippen LogP contribution in [-0.2, 0) is 22.3 Å². The fourth-order valence-corrected chi connectivity index (χ4v) is 2.04. The van der Waals surface area contributed by atoms with Crippen LogP contribution in [0.3, 0.4) is 0 Å². The molecule has 0 radical (unpaired) electrons. The lowest BCUT2D eigenvalue weighted by molar-refractivity contribution is 0.0337. The Bertz CT molecular complexity index is 666. The smallest absolute Gasteiger partial charge is 0.356 e. The van der Waals surface area contributed by atoms with Crippen LogP contribution in [0.5, 0.6) is 0 Å². The fraction of sp³-hybridized carbons (Fsp3) is 0.211. The van der Waals surface area contributed by atoms with Crippen molar-refractivity contribution in [1.29, 1.82) is 0 Å². The molecule has 2 aromatic carbocycles. The predicted octanol–water partition coefficient (Wildman–Crippen LogP) is 3.95. The number of hydrogen-bond donors (Lipinski definition) is 0. The summed E-state index contributed by atoms with van der Waals surface area (Å²) >= 11 is 0. The summed E-state index contributed by atoms with van der Waals surface area (Å²) in [6, 6.07) is 13.3. The van der Waals surface area contributed by atoms with Crippen LogP contribution < -0.4 is 0 Å². The Hall–Kier alpha value is -2.95. The molecule has 2 rings (SSSR count). The van der Waals surface area contributed by atoms with Crippen molar-refractivity contribution in [3.63, 3.8) is 0 Å². The van der Waals surface area contributed by atoms with Crippen molar-refractivity contribution in [2.45, 2.75) is 26.7 Å². The molecule has 0 spiro atoms. The lowest BCUT2D eigenvalue weighted by Gasteiger charge is -2.05. The molecule has 0 amide bonds. The van der Waals surface area contributed by atoms with Gasteiger partial charge in [-0.2, -0.15) is 0 Å². The number of benzene rings is 2. The van der Waals surface area contributed by atoms with Crippen molar-refractivity contribution in [3.05, 3.63) is 70.8 Å². The van der Waals surface area contributed by atoms with E-state index in [-0.39, 0.29) is 11.1 Å². The summed E-state index contributed by atoms with van der Waals surface area (Å²) in [7, 11) is 0. The fourth-order valence-electron chi connectivity index (χ4n) is 2.04. The minimum absolute atomic E-state index is 0.212. The van der Waals surface area contributed by atoms with Crippen molar-refractivity contribution in [2.75, 3.05) is 0 Å². The van der Waals surface area contributed by atoms with Gasteiger partial charge >= 0.3 is 18.1 Å². The number of carbonyl (C=O) groups excluding carboxylic acids is 3. The summed E-state index contributed by atoms with van der Waals surface area (Å²) in [5.41, 5.74) is 2.53. The van der Waals surface area contributed by atoms with E-state index in [4.69, 9.17) is 0 Å². The van der Waals surface area contributed by atoms with E-state index in [1.54, 1.807) is 48.5 Å². The van der Waals surface area contributed by atoms with E-state index in [0.29, 0.717) is 0 Å². The molecule has 0 fully saturated rings. The summed E-state index contributed by atoms with van der Waals surface area (Å²) in [5.74, 6) is -1.73. The molecule has 0 aliphatic carbocycles. The third kappa shape index (κ3) is 4.52. The van der Waals surface area contributed by atoms with E-state index in [9.17, 15) is 14.4 Å². The Kier molecular flexibility index (Phi) is 5.84. The van der Waals surface area contributed by atoms with Crippen molar-refractivity contribution in [3.8, 4) is 0 Å². The molecule has 0 N–H and O–H groups in total. The second-order valence-corrected chi connectivity index (χ2v) is 5.13. The first kappa shape index (κ1) is 17.4. The van der Waals surface area contributed by atoms with E-state index in [0.717, 1.165) is 24.0 Å². The van der Waals surface area contributed by atoms with Gasteiger partial charge in [-0.15, -0.1) is 0 Å². The maximum Gasteiger partial charge on any atom is 0.524 e. The summed E-state index contributed by atoms with van der Waals surface area (Å²) in [4.78, 5) is 35.2. The summed E-state index contributed by atoms with van der Waals surface area (Å²) in [6.07, 6.45) is 0.329. The molecule has 0 unspecified atom stereocenters. The molecule has 24 heavy (non-hydrogen) atoms. The SMILES string of the molecule is CCc1ccc(C(=O)OC(=O)OC(=O)c2ccc(CC)cc2)cc1. The predicted molar refractivity (Wildman–Crippen MR) is 87.9 cm³/mol. The number of rotatable bonds is 4. The normalized spacial score (nSPS) is 10.1. The van der Waals surface area contributed by atoms with Crippen LogP contribution in [0.15, 0.2) is 48.5 Å². The van der Waals surface area contributed by atoms with Gasteiger partial charge < -0.3 is 9.47 Å². The zero-order chi connectivity index (χ0) is 17.5. The monoisotopic (exact) mass is 326 g/mol. The maximum absolute atomic E-state index is 11.8. The molecular weight excluding hydrogens is 308 g/mol. The maximum atomic E-state index is 11.8. The van der Waals surface area contributed by atoms with Crippen LogP contribution in [0.1, 0.15) is 45.7 Å². The number of carbonyl (C=O) groups is 3. The Morgan fingerprint density at radius 2 is 1.00 bits per heavy atom. The standard InChI is InChI=1S/C19H18O5/c1-3-13-5-9-15(10-6-13)17(20)23-19(22)24-18(21)16-11-7-14(4-2)8-12-16/h5-12H,3-4H2,1-2H3. The van der Waals surface area contributed by atoms with E-state index in [2.05, 4.69) is 9.47 Å². The third-order valence-electron chi connectivity index (χ3n) is 3.55. The molecule has 0 aliphatic heterocycles. The molecule has 2 aromatic rings. The quantitative estimate of drug-likeness (QED) is 0.628. The Morgan fingerprint density at radius 1 is 0.667 bits per heavy atom. The second-order valence-electron chi connectivity index (χ2n) is 5.13. The average Bonchev–Trinajstić information content (AvgIpc) is 2.61. The number of esters is 2. The van der Waals surface area contributed by atoms with Crippen LogP contribution in [-0.4, -0.2) is 18.1 Å². The highest BCUT2D eigenvalue weighted by molar-refractivity contribution is 6.00. The molecule has 124 valence electrons. The Morgan fingerprint density at radius 3 is 1.29 bits per heavy atom. The van der Waals surface area contributed by atoms with Crippen molar-refractivity contribution in [2.24, 2.45) is 0 Å². The first-order valence-corrected chi connectivity index (χ1v) is 7.69. The van der Waals surface area contributed by atoms with Gasteiger partial charge in [-0.25, -0.2) is 14.4 Å². The first-order valence-electron chi connectivity index (χ1n) is 7.69. The van der Waals surface area contributed by atoms with Crippen LogP contribution >= 0.6 is 0 Å². The van der Waals surface area contributed by atoms with Gasteiger partial charge in [0.05, 0.1) is 11.1 Å². The van der Waals surface area contributed by atoms with Crippen LogP contribution in [0.2, 0.25) is 0 Å². The molecule has 0 aliphatic rings. The zero-order valence-corrected chi connectivity index (χ0v) is 13.6. The Balaban J connectivity index is 1.93. The molecular formula is C19H18O5. The molecule has 0 heterocycles. The molecule has 5 nitrogen and oxygen atoms in total. The summed E-state index contributed by atoms with van der Waals surface area (Å²) in [6.45, 7) is 3.98. The highest BCUT2D eigenvalue weighted by atomic mass is 16.8. The molecule has 0 aromatic heterocycles. The highest BCUT2D eigenvalue weighted by Crippen LogP contribution is 2.09. The number of ether oxygens (including phenoxy) is 2. The molecule has 0 saturated carbocycles. The van der Waals surface area contributed by atoms with Gasteiger partial charge in [0.1, 0.15) is 0 Å².